The van der Waals surface area contributed by atoms with E-state index in [9.17, 15) is 21.9 Å². The van der Waals surface area contributed by atoms with Gasteiger partial charge in [-0.25, -0.2) is 0 Å². The molecule has 5 N–H and O–H groups in total. The number of nitrogens with zero attached hydrogens (tertiary/aromatic N) is 2. The van der Waals surface area contributed by atoms with Gasteiger partial charge in [0.25, 0.3) is 0 Å². The van der Waals surface area contributed by atoms with Crippen molar-refractivity contribution in [2.75, 3.05) is 46.6 Å². The topological polar surface area (TPSA) is 116 Å². The first kappa shape index (κ1) is 28.2. The van der Waals surface area contributed by atoms with E-state index in [0.29, 0.717) is 31.8 Å². The lowest BCUT2D eigenvalue weighted by molar-refractivity contribution is -0.199. The predicted molar refractivity (Wildman–Crippen MR) is 123 cm³/mol. The number of alkyl halides is 3. The molecule has 0 aromatic rings. The molecule has 6 atom stereocenters. The lowest BCUT2D eigenvalue weighted by atomic mass is 9.85. The van der Waals surface area contributed by atoms with Gasteiger partial charge < -0.3 is 14.2 Å². The minimum atomic E-state index is -4.43. The summed E-state index contributed by atoms with van der Waals surface area (Å²) in [6.45, 7) is 0.468. The van der Waals surface area contributed by atoms with Crippen molar-refractivity contribution in [2.45, 2.75) is 75.7 Å². The minimum absolute atomic E-state index is 0.0177. The van der Waals surface area contributed by atoms with Gasteiger partial charge in [-0.2, -0.15) is 13.2 Å². The number of piperidine rings is 1. The lowest BCUT2D eigenvalue weighted by Crippen LogP contribution is -2.76. The van der Waals surface area contributed by atoms with Gasteiger partial charge in [0.2, 0.25) is 0 Å². The second kappa shape index (κ2) is 12.2. The number of hydrogen-bond donors (Lipinski definition) is 5. The summed E-state index contributed by atoms with van der Waals surface area (Å²) in [6.07, 6.45) is 0.328. The molecule has 3 aliphatic rings. The van der Waals surface area contributed by atoms with Crippen molar-refractivity contribution in [2.24, 2.45) is 5.92 Å². The molecule has 0 radical (unpaired) electrons. The van der Waals surface area contributed by atoms with Crippen LogP contribution in [0.15, 0.2) is 0 Å². The van der Waals surface area contributed by atoms with Crippen LogP contribution in [0.25, 0.3) is 0 Å². The zero-order chi connectivity index (χ0) is 24.9. The van der Waals surface area contributed by atoms with Crippen LogP contribution in [0.1, 0.15) is 38.5 Å². The van der Waals surface area contributed by atoms with Crippen LogP contribution in [0.5, 0.6) is 0 Å². The van der Waals surface area contributed by atoms with E-state index in [1.54, 1.807) is 0 Å². The fraction of sp³-hybridized carbons (Fsp3) is 1.00. The molecular formula is C20H40F3N7O3S. The maximum atomic E-state index is 12.7. The number of sulfonamides is 1. The van der Waals surface area contributed by atoms with Gasteiger partial charge in [-0.3, -0.25) is 26.6 Å². The van der Waals surface area contributed by atoms with Crippen molar-refractivity contribution >= 4 is 10.4 Å². The molecule has 2 heterocycles. The van der Waals surface area contributed by atoms with Gasteiger partial charge in [0, 0.05) is 31.7 Å². The molecule has 10 nitrogen and oxygen atoms in total. The van der Waals surface area contributed by atoms with Crippen LogP contribution in [0.3, 0.4) is 0 Å². The molecule has 2 aliphatic heterocycles. The van der Waals surface area contributed by atoms with Crippen LogP contribution in [-0.4, -0.2) is 97.5 Å². The first-order valence-corrected chi connectivity index (χ1v) is 13.8. The van der Waals surface area contributed by atoms with Gasteiger partial charge in [-0.1, -0.05) is 10.6 Å². The smallest absolute Gasteiger partial charge is 0.411 e. The van der Waals surface area contributed by atoms with E-state index in [1.807, 2.05) is 0 Å². The predicted octanol–water partition coefficient (Wildman–Crippen LogP) is 0.137. The maximum Gasteiger partial charge on any atom is 0.411 e. The number of halogens is 3. The van der Waals surface area contributed by atoms with Crippen molar-refractivity contribution in [3.05, 3.63) is 0 Å². The molecule has 0 amide bonds. The quantitative estimate of drug-likeness (QED) is 0.274. The third-order valence-electron chi connectivity index (χ3n) is 6.52. The molecule has 0 aromatic heterocycles. The van der Waals surface area contributed by atoms with Gasteiger partial charge in [-0.15, -0.1) is 4.31 Å². The van der Waals surface area contributed by atoms with E-state index < -0.39 is 42.1 Å². The fourth-order valence-corrected chi connectivity index (χ4v) is 5.90. The highest BCUT2D eigenvalue weighted by Gasteiger charge is 2.36. The third-order valence-corrected chi connectivity index (χ3v) is 7.82. The van der Waals surface area contributed by atoms with Gasteiger partial charge >= 0.3 is 6.18 Å². The second-order valence-corrected chi connectivity index (χ2v) is 11.9. The Hall–Kier alpha value is -0.420. The molecule has 0 aromatic carbocycles. The summed E-state index contributed by atoms with van der Waals surface area (Å²) < 4.78 is 68.2. The molecule has 200 valence electrons. The van der Waals surface area contributed by atoms with Crippen molar-refractivity contribution in [3.63, 3.8) is 0 Å². The zero-order valence-corrected chi connectivity index (χ0v) is 21.0. The molecule has 1 aliphatic carbocycles. The van der Waals surface area contributed by atoms with Gasteiger partial charge in [0.05, 0.1) is 0 Å². The van der Waals surface area contributed by atoms with Crippen LogP contribution in [-0.2, 0) is 19.3 Å². The van der Waals surface area contributed by atoms with E-state index >= 15 is 0 Å². The Kier molecular flexibility index (Phi) is 10.1. The Bertz CT molecular complexity index is 676. The van der Waals surface area contributed by atoms with E-state index in [0.717, 1.165) is 25.8 Å². The van der Waals surface area contributed by atoms with Gasteiger partial charge in [0.1, 0.15) is 35.8 Å². The molecule has 0 bridgehead atoms. The normalized spacial score (nSPS) is 34.3. The van der Waals surface area contributed by atoms with Crippen LogP contribution < -0.4 is 26.6 Å². The molecule has 14 heteroatoms. The fourth-order valence-electron chi connectivity index (χ4n) is 5.03. The van der Waals surface area contributed by atoms with Gasteiger partial charge in [-0.05, 0) is 52.1 Å². The number of nitrogens with one attached hydrogen (secondary N) is 5. The Morgan fingerprint density at radius 3 is 2.24 bits per heavy atom. The lowest BCUT2D eigenvalue weighted by Gasteiger charge is -2.43. The highest BCUT2D eigenvalue weighted by atomic mass is 32.3. The summed E-state index contributed by atoms with van der Waals surface area (Å²) >= 11 is 0. The average molecular weight is 516 g/mol. The maximum absolute atomic E-state index is 12.7. The number of hydrogen-bond acceptors (Lipinski definition) is 9. The monoisotopic (exact) mass is 515 g/mol. The largest absolute Gasteiger partial charge is 0.598 e. The molecule has 3 rings (SSSR count). The molecule has 3 fully saturated rings. The molecular weight excluding hydrogens is 475 g/mol. The van der Waals surface area contributed by atoms with E-state index in [2.05, 4.69) is 45.6 Å². The Morgan fingerprint density at radius 1 is 1.06 bits per heavy atom. The molecule has 6 unspecified atom stereocenters. The highest BCUT2D eigenvalue weighted by Crippen LogP contribution is 2.25. The molecule has 34 heavy (non-hydrogen) atoms. The Balaban J connectivity index is 1.56. The number of ether oxygens (including phenoxy) is 1. The third kappa shape index (κ3) is 9.56. The first-order chi connectivity index (χ1) is 15.9. The van der Waals surface area contributed by atoms with E-state index in [4.69, 9.17) is 4.74 Å². The summed E-state index contributed by atoms with van der Waals surface area (Å²) in [5, 5.41) is 16.2. The summed E-state index contributed by atoms with van der Waals surface area (Å²) in [6, 6.07) is 0.257. The summed E-state index contributed by atoms with van der Waals surface area (Å²) in [4.78, 5) is 2.18. The first-order valence-electron chi connectivity index (χ1n) is 12.0. The summed E-state index contributed by atoms with van der Waals surface area (Å²) in [5.74, 6) is 0.578. The summed E-state index contributed by atoms with van der Waals surface area (Å²) in [7, 11) is 0.898. The molecule has 2 saturated heterocycles. The van der Waals surface area contributed by atoms with Crippen molar-refractivity contribution in [3.8, 4) is 0 Å². The van der Waals surface area contributed by atoms with Crippen molar-refractivity contribution < 1.29 is 26.7 Å². The zero-order valence-electron chi connectivity index (χ0n) is 20.2. The minimum Gasteiger partial charge on any atom is -0.598 e. The second-order valence-electron chi connectivity index (χ2n) is 9.93. The van der Waals surface area contributed by atoms with Gasteiger partial charge in [0.15, 0.2) is 6.35 Å². The molecule has 1 saturated carbocycles. The SMILES string of the molecule is CN(C)CC1CCCC(NC2NC(NC3CCN([S+](C)(=O)[O-])CC3)NC(OCC(F)(F)F)N2)C1. The van der Waals surface area contributed by atoms with Crippen molar-refractivity contribution in [1.29, 1.82) is 0 Å². The van der Waals surface area contributed by atoms with Crippen LogP contribution in [0.2, 0.25) is 0 Å². The summed E-state index contributed by atoms with van der Waals surface area (Å²) in [5.41, 5.74) is 0. The Morgan fingerprint density at radius 2 is 1.68 bits per heavy atom. The van der Waals surface area contributed by atoms with Crippen molar-refractivity contribution in [1.82, 2.24) is 35.8 Å². The standard InChI is InChI=1S/C20H40F3N7O3S/c1-29(2)12-14-5-4-6-16(11-14)25-18-26-17(27-19(28-18)33-13-20(21,22)23)24-15-7-9-30(10-8-15)34(3,31)32/h14-19,24-28H,4-13H2,1-3H3. The molecule has 0 spiro atoms. The van der Waals surface area contributed by atoms with Crippen LogP contribution in [0.4, 0.5) is 13.2 Å². The average Bonchev–Trinajstić information content (AvgIpc) is 2.71. The van der Waals surface area contributed by atoms with Crippen LogP contribution in [0, 0.1) is 5.92 Å². The van der Waals surface area contributed by atoms with Crippen LogP contribution >= 0.6 is 0 Å². The van der Waals surface area contributed by atoms with E-state index in [-0.39, 0.29) is 12.1 Å². The number of rotatable bonds is 9. The van der Waals surface area contributed by atoms with E-state index in [1.165, 1.54) is 17.0 Å². The Labute approximate surface area is 201 Å². The highest BCUT2D eigenvalue weighted by molar-refractivity contribution is 7.94.